The SMILES string of the molecule is C=C/C=C(\C=C)S(=O)(=O)c1ccc(NC(=O)NCc2ccncc2)cc1. The fourth-order valence-corrected chi connectivity index (χ4v) is 3.36. The molecule has 0 radical (unpaired) electrons. The highest BCUT2D eigenvalue weighted by Crippen LogP contribution is 2.22. The number of carbonyl (C=O) groups excluding carboxylic acids is 1. The van der Waals surface area contributed by atoms with Gasteiger partial charge >= 0.3 is 6.03 Å². The Labute approximate surface area is 152 Å². The summed E-state index contributed by atoms with van der Waals surface area (Å²) in [7, 11) is -3.67. The first kappa shape index (κ1) is 19.1. The van der Waals surface area contributed by atoms with E-state index in [1.54, 1.807) is 24.5 Å². The molecule has 134 valence electrons. The predicted molar refractivity (Wildman–Crippen MR) is 102 cm³/mol. The number of urea groups is 1. The van der Waals surface area contributed by atoms with E-state index in [1.165, 1.54) is 42.5 Å². The van der Waals surface area contributed by atoms with Gasteiger partial charge in [0.25, 0.3) is 0 Å². The largest absolute Gasteiger partial charge is 0.334 e. The van der Waals surface area contributed by atoms with Gasteiger partial charge in [0.05, 0.1) is 9.80 Å². The Morgan fingerprint density at radius 3 is 2.31 bits per heavy atom. The Morgan fingerprint density at radius 2 is 1.73 bits per heavy atom. The summed E-state index contributed by atoms with van der Waals surface area (Å²) in [5.41, 5.74) is 1.39. The van der Waals surface area contributed by atoms with Crippen molar-refractivity contribution in [2.45, 2.75) is 11.4 Å². The number of nitrogens with zero attached hydrogens (tertiary/aromatic N) is 1. The minimum Gasteiger partial charge on any atom is -0.334 e. The Morgan fingerprint density at radius 1 is 1.08 bits per heavy atom. The van der Waals surface area contributed by atoms with Crippen LogP contribution in [0.1, 0.15) is 5.56 Å². The highest BCUT2D eigenvalue weighted by atomic mass is 32.2. The molecular formula is C19H19N3O3S. The standard InChI is InChI=1S/C19H19N3O3S/c1-3-5-17(4-2)26(24,25)18-8-6-16(7-9-18)22-19(23)21-14-15-10-12-20-13-11-15/h3-13H,1-2,14H2,(H2,21,22,23)/b17-5+. The van der Waals surface area contributed by atoms with Crippen LogP contribution in [0.2, 0.25) is 0 Å². The molecule has 2 rings (SSSR count). The zero-order chi connectivity index (χ0) is 19.0. The number of hydrogen-bond acceptors (Lipinski definition) is 4. The van der Waals surface area contributed by atoms with Crippen LogP contribution in [-0.4, -0.2) is 19.4 Å². The van der Waals surface area contributed by atoms with Crippen molar-refractivity contribution in [3.05, 3.63) is 90.6 Å². The third kappa shape index (κ3) is 4.90. The van der Waals surface area contributed by atoms with Gasteiger partial charge in [-0.25, -0.2) is 13.2 Å². The molecule has 7 heteroatoms. The third-order valence-electron chi connectivity index (χ3n) is 3.42. The lowest BCUT2D eigenvalue weighted by molar-refractivity contribution is 0.251. The Bertz CT molecular complexity index is 918. The van der Waals surface area contributed by atoms with Crippen molar-refractivity contribution in [2.24, 2.45) is 0 Å². The number of allylic oxidation sites excluding steroid dienone is 3. The van der Waals surface area contributed by atoms with Crippen molar-refractivity contribution in [3.63, 3.8) is 0 Å². The number of amides is 2. The van der Waals surface area contributed by atoms with E-state index in [9.17, 15) is 13.2 Å². The number of carbonyl (C=O) groups is 1. The maximum Gasteiger partial charge on any atom is 0.319 e. The summed E-state index contributed by atoms with van der Waals surface area (Å²) in [5.74, 6) is 0. The van der Waals surface area contributed by atoms with Gasteiger partial charge in [0.1, 0.15) is 0 Å². The van der Waals surface area contributed by atoms with E-state index in [0.717, 1.165) is 5.56 Å². The van der Waals surface area contributed by atoms with Crippen LogP contribution in [0.5, 0.6) is 0 Å². The van der Waals surface area contributed by atoms with E-state index in [2.05, 4.69) is 28.8 Å². The number of rotatable bonds is 7. The normalized spacial score (nSPS) is 11.5. The fourth-order valence-electron chi connectivity index (χ4n) is 2.10. The maximum absolute atomic E-state index is 12.5. The quantitative estimate of drug-likeness (QED) is 0.732. The Balaban J connectivity index is 2.03. The van der Waals surface area contributed by atoms with Gasteiger partial charge in [-0.3, -0.25) is 4.98 Å². The molecule has 0 saturated heterocycles. The van der Waals surface area contributed by atoms with E-state index in [4.69, 9.17) is 0 Å². The molecular weight excluding hydrogens is 350 g/mol. The lowest BCUT2D eigenvalue weighted by Crippen LogP contribution is -2.28. The summed E-state index contributed by atoms with van der Waals surface area (Å²) in [5, 5.41) is 5.35. The number of sulfone groups is 1. The van der Waals surface area contributed by atoms with Gasteiger partial charge in [0, 0.05) is 24.6 Å². The highest BCUT2D eigenvalue weighted by molar-refractivity contribution is 7.95. The zero-order valence-corrected chi connectivity index (χ0v) is 14.9. The van der Waals surface area contributed by atoms with E-state index < -0.39 is 15.9 Å². The monoisotopic (exact) mass is 369 g/mol. The molecule has 0 aliphatic heterocycles. The van der Waals surface area contributed by atoms with Crippen LogP contribution >= 0.6 is 0 Å². The first-order chi connectivity index (χ1) is 12.5. The summed E-state index contributed by atoms with van der Waals surface area (Å²) in [4.78, 5) is 16.0. The van der Waals surface area contributed by atoms with Crippen molar-refractivity contribution in [1.29, 1.82) is 0 Å². The number of hydrogen-bond donors (Lipinski definition) is 2. The number of nitrogens with one attached hydrogen (secondary N) is 2. The molecule has 0 unspecified atom stereocenters. The molecule has 6 nitrogen and oxygen atoms in total. The summed E-state index contributed by atoms with van der Waals surface area (Å²) >= 11 is 0. The predicted octanol–water partition coefficient (Wildman–Crippen LogP) is 3.43. The van der Waals surface area contributed by atoms with Gasteiger partial charge < -0.3 is 10.6 Å². The highest BCUT2D eigenvalue weighted by Gasteiger charge is 2.17. The van der Waals surface area contributed by atoms with Crippen LogP contribution in [0.15, 0.2) is 90.0 Å². The fraction of sp³-hybridized carbons (Fsp3) is 0.0526. The zero-order valence-electron chi connectivity index (χ0n) is 14.1. The van der Waals surface area contributed by atoms with Crippen molar-refractivity contribution in [3.8, 4) is 0 Å². The van der Waals surface area contributed by atoms with Crippen molar-refractivity contribution >= 4 is 21.6 Å². The molecule has 1 aromatic heterocycles. The minimum absolute atomic E-state index is 0.0586. The maximum atomic E-state index is 12.5. The molecule has 1 heterocycles. The van der Waals surface area contributed by atoms with E-state index in [0.29, 0.717) is 12.2 Å². The number of anilines is 1. The van der Waals surface area contributed by atoms with Gasteiger partial charge in [-0.15, -0.1) is 0 Å². The lowest BCUT2D eigenvalue weighted by atomic mass is 10.3. The molecule has 0 atom stereocenters. The summed E-state index contributed by atoms with van der Waals surface area (Å²) in [6.07, 6.45) is 7.31. The van der Waals surface area contributed by atoms with Crippen LogP contribution < -0.4 is 10.6 Å². The molecule has 0 saturated carbocycles. The summed E-state index contributed by atoms with van der Waals surface area (Å²) in [6, 6.07) is 9.10. The number of benzene rings is 1. The second kappa shape index (κ2) is 8.77. The average molecular weight is 369 g/mol. The van der Waals surface area contributed by atoms with E-state index in [-0.39, 0.29) is 9.80 Å². The van der Waals surface area contributed by atoms with Crippen LogP contribution in [-0.2, 0) is 16.4 Å². The lowest BCUT2D eigenvalue weighted by Gasteiger charge is -2.09. The topological polar surface area (TPSA) is 88.2 Å². The van der Waals surface area contributed by atoms with Crippen LogP contribution in [0, 0.1) is 0 Å². The molecule has 2 aromatic rings. The smallest absolute Gasteiger partial charge is 0.319 e. The Kier molecular flexibility index (Phi) is 6.46. The molecule has 1 aromatic carbocycles. The van der Waals surface area contributed by atoms with Crippen LogP contribution in [0.4, 0.5) is 10.5 Å². The molecule has 0 aliphatic carbocycles. The second-order valence-electron chi connectivity index (χ2n) is 5.20. The van der Waals surface area contributed by atoms with Crippen LogP contribution in [0.3, 0.4) is 0 Å². The molecule has 2 N–H and O–H groups in total. The molecule has 26 heavy (non-hydrogen) atoms. The van der Waals surface area contributed by atoms with Crippen molar-refractivity contribution in [1.82, 2.24) is 10.3 Å². The summed E-state index contributed by atoms with van der Waals surface area (Å²) < 4.78 is 24.9. The van der Waals surface area contributed by atoms with Crippen molar-refractivity contribution in [2.75, 3.05) is 5.32 Å². The number of aromatic nitrogens is 1. The number of pyridine rings is 1. The molecule has 0 fully saturated rings. The summed E-state index contributed by atoms with van der Waals surface area (Å²) in [6.45, 7) is 7.36. The second-order valence-corrected chi connectivity index (χ2v) is 7.15. The van der Waals surface area contributed by atoms with Gasteiger partial charge in [-0.1, -0.05) is 25.3 Å². The average Bonchev–Trinajstić information content (AvgIpc) is 2.65. The van der Waals surface area contributed by atoms with E-state index >= 15 is 0 Å². The van der Waals surface area contributed by atoms with Gasteiger partial charge in [-0.2, -0.15) is 0 Å². The van der Waals surface area contributed by atoms with Crippen molar-refractivity contribution < 1.29 is 13.2 Å². The van der Waals surface area contributed by atoms with Gasteiger partial charge in [0.2, 0.25) is 9.84 Å². The molecule has 0 aliphatic rings. The van der Waals surface area contributed by atoms with Gasteiger partial charge in [0.15, 0.2) is 0 Å². The first-order valence-corrected chi connectivity index (χ1v) is 9.19. The Hall–Kier alpha value is -3.19. The van der Waals surface area contributed by atoms with Crippen LogP contribution in [0.25, 0.3) is 0 Å². The molecule has 0 spiro atoms. The molecule has 2 amide bonds. The first-order valence-electron chi connectivity index (χ1n) is 7.71. The minimum atomic E-state index is -3.67. The molecule has 0 bridgehead atoms. The van der Waals surface area contributed by atoms with E-state index in [1.807, 2.05) is 0 Å². The third-order valence-corrected chi connectivity index (χ3v) is 5.23. The van der Waals surface area contributed by atoms with Gasteiger partial charge in [-0.05, 0) is 48.0 Å².